The van der Waals surface area contributed by atoms with Gasteiger partial charge in [0.15, 0.2) is 11.5 Å². The van der Waals surface area contributed by atoms with E-state index >= 15 is 0 Å². The van der Waals surface area contributed by atoms with Crippen LogP contribution in [0.15, 0.2) is 18.2 Å². The molecule has 4 bridgehead atoms. The smallest absolute Gasteiger partial charge is 0.220 e. The average Bonchev–Trinajstić information content (AvgIpc) is 2.61. The summed E-state index contributed by atoms with van der Waals surface area (Å²) in [6.07, 6.45) is 9.19. The van der Waals surface area contributed by atoms with Gasteiger partial charge < -0.3 is 14.8 Å². The van der Waals surface area contributed by atoms with Crippen molar-refractivity contribution in [1.82, 2.24) is 5.32 Å². The number of ether oxygens (including phenoxy) is 2. The molecule has 5 heteroatoms. The fourth-order valence-electron chi connectivity index (χ4n) is 6.54. The van der Waals surface area contributed by atoms with Gasteiger partial charge in [0.2, 0.25) is 5.91 Å². The summed E-state index contributed by atoms with van der Waals surface area (Å²) in [4.78, 5) is 12.8. The van der Waals surface area contributed by atoms with Gasteiger partial charge in [-0.2, -0.15) is 0 Å². The Morgan fingerprint density at radius 1 is 1.10 bits per heavy atom. The van der Waals surface area contributed by atoms with Gasteiger partial charge in [-0.05, 0) is 93.7 Å². The molecule has 1 amide bonds. The van der Waals surface area contributed by atoms with E-state index in [1.54, 1.807) is 0 Å². The van der Waals surface area contributed by atoms with Crippen molar-refractivity contribution in [2.75, 3.05) is 19.8 Å². The molecule has 1 aromatic rings. The third kappa shape index (κ3) is 4.76. The number of benzene rings is 1. The zero-order valence-electron chi connectivity index (χ0n) is 17.8. The summed E-state index contributed by atoms with van der Waals surface area (Å²) in [5.74, 6) is 3.44. The van der Waals surface area contributed by atoms with Gasteiger partial charge in [0.05, 0.1) is 13.2 Å². The highest BCUT2D eigenvalue weighted by atomic mass is 79.9. The molecule has 4 nitrogen and oxygen atoms in total. The van der Waals surface area contributed by atoms with Gasteiger partial charge in [0.1, 0.15) is 0 Å². The highest BCUT2D eigenvalue weighted by Crippen LogP contribution is 2.65. The van der Waals surface area contributed by atoms with Crippen LogP contribution in [0.5, 0.6) is 11.5 Å². The van der Waals surface area contributed by atoms with Crippen molar-refractivity contribution in [1.29, 1.82) is 0 Å². The summed E-state index contributed by atoms with van der Waals surface area (Å²) in [5, 5.41) is 3.18. The number of hydrogen-bond donors (Lipinski definition) is 1. The van der Waals surface area contributed by atoms with Crippen LogP contribution in [0.25, 0.3) is 0 Å². The summed E-state index contributed by atoms with van der Waals surface area (Å²) in [6.45, 7) is 5.85. The molecule has 0 heterocycles. The zero-order chi connectivity index (χ0) is 20.5. The number of carbonyl (C=O) groups excluding carboxylic acids is 1. The molecule has 2 atom stereocenters. The van der Waals surface area contributed by atoms with Crippen LogP contribution >= 0.6 is 15.9 Å². The lowest BCUT2D eigenvalue weighted by Crippen LogP contribution is -2.54. The lowest BCUT2D eigenvalue weighted by atomic mass is 9.48. The summed E-state index contributed by atoms with van der Waals surface area (Å²) >= 11 is 4.05. The number of halogens is 1. The molecule has 0 saturated heterocycles. The van der Waals surface area contributed by atoms with Crippen LogP contribution in [0.4, 0.5) is 0 Å². The first-order valence-corrected chi connectivity index (χ1v) is 12.1. The van der Waals surface area contributed by atoms with E-state index in [9.17, 15) is 4.79 Å². The number of carbonyl (C=O) groups is 1. The summed E-state index contributed by atoms with van der Waals surface area (Å²) in [6, 6.07) is 6.07. The predicted molar refractivity (Wildman–Crippen MR) is 119 cm³/mol. The molecule has 0 radical (unpaired) electrons. The van der Waals surface area contributed by atoms with Crippen LogP contribution in [0.3, 0.4) is 0 Å². The molecule has 0 aliphatic heterocycles. The van der Waals surface area contributed by atoms with Crippen LogP contribution < -0.4 is 14.8 Å². The van der Waals surface area contributed by atoms with E-state index in [0.29, 0.717) is 30.5 Å². The molecule has 4 saturated carbocycles. The Hall–Kier alpha value is -1.23. The number of amides is 1. The van der Waals surface area contributed by atoms with E-state index in [2.05, 4.69) is 27.3 Å². The quantitative estimate of drug-likeness (QED) is 0.507. The first-order valence-electron chi connectivity index (χ1n) is 11.3. The average molecular weight is 464 g/mol. The first kappa shape index (κ1) is 21.0. The van der Waals surface area contributed by atoms with Gasteiger partial charge in [0.25, 0.3) is 0 Å². The van der Waals surface area contributed by atoms with Crippen LogP contribution in [0.1, 0.15) is 64.4 Å². The Kier molecular flexibility index (Phi) is 6.15. The van der Waals surface area contributed by atoms with E-state index in [-0.39, 0.29) is 11.3 Å². The zero-order valence-corrected chi connectivity index (χ0v) is 19.4. The molecular weight excluding hydrogens is 430 g/mol. The SMILES string of the molecule is CCOc1ccc(CCNC(=O)CC23CC4CC(CC(Br)(C4)C2)C3)cc1OCC. The molecule has 0 aromatic heterocycles. The van der Waals surface area contributed by atoms with E-state index < -0.39 is 0 Å². The second kappa shape index (κ2) is 8.49. The minimum Gasteiger partial charge on any atom is -0.490 e. The lowest BCUT2D eigenvalue weighted by molar-refractivity contribution is -0.128. The second-order valence-electron chi connectivity index (χ2n) is 9.54. The molecule has 4 aliphatic carbocycles. The summed E-state index contributed by atoms with van der Waals surface area (Å²) < 4.78 is 11.7. The minimum absolute atomic E-state index is 0.221. The Morgan fingerprint density at radius 3 is 2.45 bits per heavy atom. The van der Waals surface area contributed by atoms with E-state index in [4.69, 9.17) is 9.47 Å². The molecule has 4 fully saturated rings. The second-order valence-corrected chi connectivity index (χ2v) is 11.2. The van der Waals surface area contributed by atoms with Gasteiger partial charge >= 0.3 is 0 Å². The molecule has 160 valence electrons. The number of nitrogens with one attached hydrogen (secondary N) is 1. The molecular formula is C24H34BrNO3. The van der Waals surface area contributed by atoms with Crippen molar-refractivity contribution in [3.63, 3.8) is 0 Å². The van der Waals surface area contributed by atoms with Crippen molar-refractivity contribution in [2.45, 2.75) is 69.5 Å². The largest absolute Gasteiger partial charge is 0.490 e. The standard InChI is InChI=1S/C24H34BrNO3/c1-3-28-20-6-5-17(10-21(20)29-4-2)7-8-26-22(27)15-23-11-18-9-19(12-23)14-24(25,13-18)16-23/h5-6,10,18-19H,3-4,7-9,11-16H2,1-2H3,(H,26,27). The van der Waals surface area contributed by atoms with Crippen LogP contribution in [0, 0.1) is 17.3 Å². The molecule has 5 rings (SSSR count). The summed E-state index contributed by atoms with van der Waals surface area (Å²) in [5.41, 5.74) is 1.39. The van der Waals surface area contributed by atoms with Crippen LogP contribution in [0.2, 0.25) is 0 Å². The lowest BCUT2D eigenvalue weighted by Gasteiger charge is -2.60. The maximum atomic E-state index is 12.8. The van der Waals surface area contributed by atoms with E-state index in [1.807, 2.05) is 26.0 Å². The maximum absolute atomic E-state index is 12.8. The molecule has 29 heavy (non-hydrogen) atoms. The third-order valence-corrected chi connectivity index (χ3v) is 7.92. The topological polar surface area (TPSA) is 47.6 Å². The molecule has 1 N–H and O–H groups in total. The van der Waals surface area contributed by atoms with E-state index in [1.165, 1.54) is 38.5 Å². The van der Waals surface area contributed by atoms with Crippen molar-refractivity contribution in [3.8, 4) is 11.5 Å². The Bertz CT molecular complexity index is 736. The van der Waals surface area contributed by atoms with Crippen molar-refractivity contribution >= 4 is 21.8 Å². The van der Waals surface area contributed by atoms with Gasteiger partial charge in [0, 0.05) is 17.3 Å². The number of hydrogen-bond acceptors (Lipinski definition) is 3. The van der Waals surface area contributed by atoms with Crippen molar-refractivity contribution in [3.05, 3.63) is 23.8 Å². The van der Waals surface area contributed by atoms with E-state index in [0.717, 1.165) is 35.3 Å². The molecule has 1 aromatic carbocycles. The fourth-order valence-corrected chi connectivity index (χ4v) is 8.05. The molecule has 2 unspecified atom stereocenters. The molecule has 4 aliphatic rings. The normalized spacial score (nSPS) is 32.2. The highest BCUT2D eigenvalue weighted by Gasteiger charge is 2.57. The Morgan fingerprint density at radius 2 is 1.79 bits per heavy atom. The molecule has 0 spiro atoms. The van der Waals surface area contributed by atoms with Crippen molar-refractivity contribution in [2.24, 2.45) is 17.3 Å². The van der Waals surface area contributed by atoms with Crippen LogP contribution in [-0.4, -0.2) is 30.0 Å². The van der Waals surface area contributed by atoms with Gasteiger partial charge in [-0.25, -0.2) is 0 Å². The van der Waals surface area contributed by atoms with Crippen LogP contribution in [-0.2, 0) is 11.2 Å². The highest BCUT2D eigenvalue weighted by molar-refractivity contribution is 9.10. The maximum Gasteiger partial charge on any atom is 0.220 e. The van der Waals surface area contributed by atoms with Crippen molar-refractivity contribution < 1.29 is 14.3 Å². The minimum atomic E-state index is 0.221. The summed E-state index contributed by atoms with van der Waals surface area (Å²) in [7, 11) is 0. The van der Waals surface area contributed by atoms with Gasteiger partial charge in [-0.15, -0.1) is 0 Å². The Balaban J connectivity index is 1.30. The fraction of sp³-hybridized carbons (Fsp3) is 0.708. The Labute approximate surface area is 183 Å². The number of rotatable bonds is 9. The third-order valence-electron chi connectivity index (χ3n) is 6.99. The number of alkyl halides is 1. The van der Waals surface area contributed by atoms with Gasteiger partial charge in [-0.1, -0.05) is 22.0 Å². The monoisotopic (exact) mass is 463 g/mol. The predicted octanol–water partition coefficient (Wildman–Crippen LogP) is 5.27. The first-order chi connectivity index (χ1) is 13.9. The van der Waals surface area contributed by atoms with Gasteiger partial charge in [-0.3, -0.25) is 4.79 Å².